The van der Waals surface area contributed by atoms with Crippen molar-refractivity contribution in [3.8, 4) is 0 Å². The van der Waals surface area contributed by atoms with E-state index in [9.17, 15) is 9.59 Å². The number of likely N-dealkylation sites (N-methyl/N-ethyl adjacent to an activating group) is 1. The molecule has 2 aliphatic rings. The number of carbonyl (C=O) groups excluding carboxylic acids is 2. The van der Waals surface area contributed by atoms with Crippen LogP contribution in [0.1, 0.15) is 63.9 Å². The van der Waals surface area contributed by atoms with Crippen LogP contribution in [0.15, 0.2) is 24.3 Å². The zero-order valence-electron chi connectivity index (χ0n) is 20.0. The molecule has 1 N–H and O–H groups in total. The minimum Gasteiger partial charge on any atom is -0.336 e. The summed E-state index contributed by atoms with van der Waals surface area (Å²) in [5.41, 5.74) is 3.81. The topological polar surface area (TPSA) is 52.7 Å². The van der Waals surface area contributed by atoms with Gasteiger partial charge in [-0.3, -0.25) is 9.59 Å². The number of thiophene rings is 1. The molecule has 4 rings (SSSR count). The zero-order chi connectivity index (χ0) is 23.0. The van der Waals surface area contributed by atoms with Crippen LogP contribution < -0.4 is 5.32 Å². The molecule has 1 atom stereocenters. The molecule has 0 bridgehead atoms. The van der Waals surface area contributed by atoms with Crippen molar-refractivity contribution in [2.45, 2.75) is 47.0 Å². The Bertz CT molecular complexity index is 1010. The maximum absolute atomic E-state index is 13.7. The van der Waals surface area contributed by atoms with Crippen LogP contribution >= 0.6 is 11.3 Å². The first kappa shape index (κ1) is 23.0. The molecule has 1 aromatic heterocycles. The molecule has 0 radical (unpaired) electrons. The predicted octanol–water partition coefficient (Wildman–Crippen LogP) is 4.85. The van der Waals surface area contributed by atoms with E-state index in [1.54, 1.807) is 11.3 Å². The number of nitrogens with zero attached hydrogens (tertiary/aromatic N) is 2. The summed E-state index contributed by atoms with van der Waals surface area (Å²) in [6.45, 7) is 12.1. The standard InChI is InChI=1S/C26H35N3O2S/c1-17-7-6-8-18(15-17)23(30)27-24-22(25(31)29-13-11-28(5)12-14-29)20-10-9-19(26(2,3)4)16-21(20)32-24/h6-8,15,19H,9-14,16H2,1-5H3,(H,27,30). The molecule has 1 fully saturated rings. The number of carbonyl (C=O) groups is 2. The van der Waals surface area contributed by atoms with E-state index in [1.807, 2.05) is 36.1 Å². The van der Waals surface area contributed by atoms with Gasteiger partial charge in [-0.15, -0.1) is 11.3 Å². The van der Waals surface area contributed by atoms with Gasteiger partial charge in [-0.1, -0.05) is 38.5 Å². The third kappa shape index (κ3) is 4.76. The van der Waals surface area contributed by atoms with E-state index in [0.717, 1.165) is 61.6 Å². The van der Waals surface area contributed by atoms with Crippen LogP contribution in [-0.2, 0) is 12.8 Å². The largest absolute Gasteiger partial charge is 0.336 e. The van der Waals surface area contributed by atoms with Crippen molar-refractivity contribution in [2.24, 2.45) is 11.3 Å². The van der Waals surface area contributed by atoms with Crippen LogP contribution in [0.4, 0.5) is 5.00 Å². The van der Waals surface area contributed by atoms with Crippen molar-refractivity contribution in [2.75, 3.05) is 38.5 Å². The molecule has 5 nitrogen and oxygen atoms in total. The second-order valence-corrected chi connectivity index (χ2v) is 11.5. The van der Waals surface area contributed by atoms with Crippen molar-refractivity contribution in [1.29, 1.82) is 0 Å². The quantitative estimate of drug-likeness (QED) is 0.723. The van der Waals surface area contributed by atoms with E-state index in [-0.39, 0.29) is 17.2 Å². The fraction of sp³-hybridized carbons (Fsp3) is 0.538. The number of hydrogen-bond donors (Lipinski definition) is 1. The molecule has 2 aromatic rings. The molecule has 0 saturated carbocycles. The number of amides is 2. The van der Waals surface area contributed by atoms with E-state index in [0.29, 0.717) is 11.5 Å². The van der Waals surface area contributed by atoms with Crippen molar-refractivity contribution in [3.05, 3.63) is 51.4 Å². The van der Waals surface area contributed by atoms with E-state index in [4.69, 9.17) is 0 Å². The molecule has 1 aliphatic heterocycles. The van der Waals surface area contributed by atoms with Crippen LogP contribution in [0, 0.1) is 18.3 Å². The van der Waals surface area contributed by atoms with Crippen LogP contribution in [0.2, 0.25) is 0 Å². The molecular weight excluding hydrogens is 418 g/mol. The lowest BCUT2D eigenvalue weighted by Crippen LogP contribution is -2.47. The van der Waals surface area contributed by atoms with Gasteiger partial charge in [-0.25, -0.2) is 0 Å². The summed E-state index contributed by atoms with van der Waals surface area (Å²) in [5, 5.41) is 3.84. The average Bonchev–Trinajstić information content (AvgIpc) is 3.10. The van der Waals surface area contributed by atoms with Crippen LogP contribution in [0.25, 0.3) is 0 Å². The Balaban J connectivity index is 1.67. The smallest absolute Gasteiger partial charge is 0.257 e. The van der Waals surface area contributed by atoms with Gasteiger partial charge >= 0.3 is 0 Å². The average molecular weight is 454 g/mol. The molecule has 1 unspecified atom stereocenters. The summed E-state index contributed by atoms with van der Waals surface area (Å²) >= 11 is 1.61. The van der Waals surface area contributed by atoms with Gasteiger partial charge in [0.25, 0.3) is 11.8 Å². The number of fused-ring (bicyclic) bond motifs is 1. The first-order valence-corrected chi connectivity index (χ1v) is 12.5. The van der Waals surface area contributed by atoms with Crippen molar-refractivity contribution in [1.82, 2.24) is 9.80 Å². The van der Waals surface area contributed by atoms with Crippen molar-refractivity contribution in [3.63, 3.8) is 0 Å². The number of benzene rings is 1. The number of aryl methyl sites for hydroxylation is 1. The number of hydrogen-bond acceptors (Lipinski definition) is 4. The SMILES string of the molecule is Cc1cccc(C(=O)Nc2sc3c(c2C(=O)N2CCN(C)CC2)CCC(C(C)(C)C)C3)c1. The van der Waals surface area contributed by atoms with E-state index >= 15 is 0 Å². The molecule has 0 spiro atoms. The van der Waals surface area contributed by atoms with Gasteiger partial charge in [-0.2, -0.15) is 0 Å². The highest BCUT2D eigenvalue weighted by atomic mass is 32.1. The Morgan fingerprint density at radius 1 is 1.12 bits per heavy atom. The summed E-state index contributed by atoms with van der Waals surface area (Å²) < 4.78 is 0. The Hall–Kier alpha value is -2.18. The number of nitrogens with one attached hydrogen (secondary N) is 1. The molecule has 2 heterocycles. The van der Waals surface area contributed by atoms with Gasteiger partial charge in [-0.05, 0) is 62.3 Å². The number of anilines is 1. The molecule has 1 saturated heterocycles. The molecular formula is C26H35N3O2S. The monoisotopic (exact) mass is 453 g/mol. The van der Waals surface area contributed by atoms with Gasteiger partial charge in [0.05, 0.1) is 5.56 Å². The van der Waals surface area contributed by atoms with Crippen LogP contribution in [0.3, 0.4) is 0 Å². The summed E-state index contributed by atoms with van der Waals surface area (Å²) in [7, 11) is 2.09. The fourth-order valence-corrected chi connectivity index (χ4v) is 6.08. The van der Waals surface area contributed by atoms with E-state index < -0.39 is 0 Å². The Morgan fingerprint density at radius 2 is 1.84 bits per heavy atom. The predicted molar refractivity (Wildman–Crippen MR) is 132 cm³/mol. The van der Waals surface area contributed by atoms with Crippen molar-refractivity contribution < 1.29 is 9.59 Å². The minimum absolute atomic E-state index is 0.0735. The molecule has 1 aliphatic carbocycles. The highest BCUT2D eigenvalue weighted by Crippen LogP contribution is 2.44. The summed E-state index contributed by atoms with van der Waals surface area (Å²) in [4.78, 5) is 32.2. The van der Waals surface area contributed by atoms with Crippen LogP contribution in [0.5, 0.6) is 0 Å². The first-order chi connectivity index (χ1) is 15.1. The highest BCUT2D eigenvalue weighted by molar-refractivity contribution is 7.17. The Kier molecular flexibility index (Phi) is 6.46. The summed E-state index contributed by atoms with van der Waals surface area (Å²) in [6, 6.07) is 7.59. The lowest BCUT2D eigenvalue weighted by molar-refractivity contribution is 0.0664. The third-order valence-electron chi connectivity index (χ3n) is 7.00. The van der Waals surface area contributed by atoms with Crippen LogP contribution in [-0.4, -0.2) is 54.8 Å². The zero-order valence-corrected chi connectivity index (χ0v) is 20.8. The normalized spacial score (nSPS) is 19.5. The molecule has 2 amide bonds. The summed E-state index contributed by atoms with van der Waals surface area (Å²) in [6.07, 6.45) is 2.97. The van der Waals surface area contributed by atoms with Gasteiger partial charge < -0.3 is 15.1 Å². The van der Waals surface area contributed by atoms with Gasteiger partial charge in [0, 0.05) is 36.6 Å². The third-order valence-corrected chi connectivity index (χ3v) is 8.17. The minimum atomic E-state index is -0.146. The highest BCUT2D eigenvalue weighted by Gasteiger charge is 2.35. The lowest BCUT2D eigenvalue weighted by Gasteiger charge is -2.35. The molecule has 1 aromatic carbocycles. The number of piperazine rings is 1. The lowest BCUT2D eigenvalue weighted by atomic mass is 9.72. The fourth-order valence-electron chi connectivity index (χ4n) is 4.77. The van der Waals surface area contributed by atoms with Crippen molar-refractivity contribution >= 4 is 28.2 Å². The maximum Gasteiger partial charge on any atom is 0.257 e. The summed E-state index contributed by atoms with van der Waals surface area (Å²) in [5.74, 6) is 0.511. The van der Waals surface area contributed by atoms with Gasteiger partial charge in [0.2, 0.25) is 0 Å². The van der Waals surface area contributed by atoms with Gasteiger partial charge in [0.15, 0.2) is 0 Å². The molecule has 6 heteroatoms. The maximum atomic E-state index is 13.7. The Labute approximate surface area is 195 Å². The second-order valence-electron chi connectivity index (χ2n) is 10.4. The number of rotatable bonds is 3. The Morgan fingerprint density at radius 3 is 2.50 bits per heavy atom. The van der Waals surface area contributed by atoms with E-state index in [2.05, 4.69) is 38.0 Å². The second kappa shape index (κ2) is 8.99. The molecule has 172 valence electrons. The van der Waals surface area contributed by atoms with E-state index in [1.165, 1.54) is 10.4 Å². The van der Waals surface area contributed by atoms with Gasteiger partial charge in [0.1, 0.15) is 5.00 Å². The molecule has 32 heavy (non-hydrogen) atoms. The first-order valence-electron chi connectivity index (χ1n) is 11.6.